The van der Waals surface area contributed by atoms with Crippen LogP contribution in [0.5, 0.6) is 5.75 Å². The fraction of sp³-hybridized carbons (Fsp3) is 0. The topological polar surface area (TPSA) is 48.9 Å². The van der Waals surface area contributed by atoms with Gasteiger partial charge in [-0.25, -0.2) is 0 Å². The fourth-order valence-electron chi connectivity index (χ4n) is 1.93. The number of aromatic nitrogens is 2. The second kappa shape index (κ2) is 4.90. The summed E-state index contributed by atoms with van der Waals surface area (Å²) in [6, 6.07) is 17.1. The van der Waals surface area contributed by atoms with E-state index in [1.807, 2.05) is 42.5 Å². The van der Waals surface area contributed by atoms with Crippen LogP contribution >= 0.6 is 15.9 Å². The zero-order valence-electron chi connectivity index (χ0n) is 9.97. The molecule has 2 N–H and O–H groups in total. The third-order valence-electron chi connectivity index (χ3n) is 2.91. The number of nitrogens with zero attached hydrogens (tertiary/aromatic N) is 1. The van der Waals surface area contributed by atoms with Crippen LogP contribution in [0.1, 0.15) is 0 Å². The van der Waals surface area contributed by atoms with Crippen molar-refractivity contribution in [2.24, 2.45) is 0 Å². The molecule has 0 atom stereocenters. The van der Waals surface area contributed by atoms with Crippen molar-refractivity contribution >= 4 is 15.9 Å². The van der Waals surface area contributed by atoms with E-state index in [1.165, 1.54) is 0 Å². The maximum Gasteiger partial charge on any atom is 0.124 e. The van der Waals surface area contributed by atoms with E-state index in [4.69, 9.17) is 0 Å². The Bertz CT molecular complexity index is 704. The lowest BCUT2D eigenvalue weighted by molar-refractivity contribution is 0.477. The van der Waals surface area contributed by atoms with Crippen molar-refractivity contribution in [2.45, 2.75) is 0 Å². The van der Waals surface area contributed by atoms with Gasteiger partial charge >= 0.3 is 0 Å². The van der Waals surface area contributed by atoms with Gasteiger partial charge in [-0.2, -0.15) is 5.10 Å². The molecule has 19 heavy (non-hydrogen) atoms. The summed E-state index contributed by atoms with van der Waals surface area (Å²) in [6.07, 6.45) is 0. The molecule has 0 aliphatic rings. The molecule has 4 heteroatoms. The van der Waals surface area contributed by atoms with E-state index < -0.39 is 0 Å². The molecule has 0 aliphatic heterocycles. The van der Waals surface area contributed by atoms with Gasteiger partial charge in [0, 0.05) is 15.6 Å². The van der Waals surface area contributed by atoms with Gasteiger partial charge in [-0.3, -0.25) is 5.10 Å². The van der Waals surface area contributed by atoms with Crippen LogP contribution in [0.3, 0.4) is 0 Å². The molecule has 0 amide bonds. The normalized spacial score (nSPS) is 10.6. The lowest BCUT2D eigenvalue weighted by Crippen LogP contribution is -1.78. The Labute approximate surface area is 119 Å². The van der Waals surface area contributed by atoms with E-state index in [-0.39, 0.29) is 5.75 Å². The number of halogens is 1. The Hall–Kier alpha value is -2.07. The first kappa shape index (κ1) is 12.0. The molecule has 0 radical (unpaired) electrons. The highest BCUT2D eigenvalue weighted by Crippen LogP contribution is 2.30. The van der Waals surface area contributed by atoms with Crippen LogP contribution in [0.25, 0.3) is 22.5 Å². The summed E-state index contributed by atoms with van der Waals surface area (Å²) in [5.74, 6) is 0.244. The van der Waals surface area contributed by atoms with Crippen LogP contribution in [0.4, 0.5) is 0 Å². The Morgan fingerprint density at radius 1 is 1.00 bits per heavy atom. The van der Waals surface area contributed by atoms with Gasteiger partial charge in [0.1, 0.15) is 5.75 Å². The molecular formula is C15H11BrN2O. The van der Waals surface area contributed by atoms with E-state index in [0.717, 1.165) is 27.0 Å². The number of nitrogens with one attached hydrogen (secondary N) is 1. The molecule has 1 aromatic heterocycles. The third kappa shape index (κ3) is 2.39. The highest BCUT2D eigenvalue weighted by Gasteiger charge is 2.08. The zero-order chi connectivity index (χ0) is 13.2. The minimum absolute atomic E-state index is 0.244. The summed E-state index contributed by atoms with van der Waals surface area (Å²) in [5.41, 5.74) is 3.43. The van der Waals surface area contributed by atoms with Gasteiger partial charge in [0.05, 0.1) is 11.4 Å². The van der Waals surface area contributed by atoms with Gasteiger partial charge in [-0.1, -0.05) is 40.2 Å². The van der Waals surface area contributed by atoms with Gasteiger partial charge in [0.15, 0.2) is 0 Å². The van der Waals surface area contributed by atoms with Gasteiger partial charge in [-0.05, 0) is 30.3 Å². The Kier molecular flexibility index (Phi) is 3.09. The number of phenols is 1. The van der Waals surface area contributed by atoms with Crippen LogP contribution in [0, 0.1) is 0 Å². The van der Waals surface area contributed by atoms with Gasteiger partial charge < -0.3 is 5.11 Å². The number of benzene rings is 2. The van der Waals surface area contributed by atoms with Crippen molar-refractivity contribution in [1.29, 1.82) is 0 Å². The number of hydrogen-bond acceptors (Lipinski definition) is 2. The fourth-order valence-corrected chi connectivity index (χ4v) is 2.19. The second-order valence-corrected chi connectivity index (χ2v) is 5.11. The third-order valence-corrected chi connectivity index (χ3v) is 3.44. The van der Waals surface area contributed by atoms with Crippen molar-refractivity contribution in [2.75, 3.05) is 0 Å². The van der Waals surface area contributed by atoms with Crippen molar-refractivity contribution in [3.63, 3.8) is 0 Å². The van der Waals surface area contributed by atoms with Crippen LogP contribution in [-0.4, -0.2) is 15.3 Å². The summed E-state index contributed by atoms with van der Waals surface area (Å²) < 4.78 is 1.03. The quantitative estimate of drug-likeness (QED) is 0.744. The number of rotatable bonds is 2. The molecule has 0 aliphatic carbocycles. The molecule has 0 unspecified atom stereocenters. The molecule has 0 saturated heterocycles. The molecule has 3 rings (SSSR count). The van der Waals surface area contributed by atoms with E-state index in [2.05, 4.69) is 26.1 Å². The first-order chi connectivity index (χ1) is 9.24. The lowest BCUT2D eigenvalue weighted by Gasteiger charge is -1.99. The van der Waals surface area contributed by atoms with E-state index in [0.29, 0.717) is 0 Å². The first-order valence-corrected chi connectivity index (χ1v) is 6.63. The van der Waals surface area contributed by atoms with Crippen molar-refractivity contribution in [1.82, 2.24) is 10.2 Å². The highest BCUT2D eigenvalue weighted by atomic mass is 79.9. The van der Waals surface area contributed by atoms with Gasteiger partial charge in [0.2, 0.25) is 0 Å². The summed E-state index contributed by atoms with van der Waals surface area (Å²) in [4.78, 5) is 0. The van der Waals surface area contributed by atoms with Gasteiger partial charge in [0.25, 0.3) is 0 Å². The number of para-hydroxylation sites is 1. The van der Waals surface area contributed by atoms with Crippen LogP contribution in [0.15, 0.2) is 59.1 Å². The number of H-pyrrole nitrogens is 1. The molecule has 0 bridgehead atoms. The van der Waals surface area contributed by atoms with Crippen LogP contribution in [-0.2, 0) is 0 Å². The summed E-state index contributed by atoms with van der Waals surface area (Å²) >= 11 is 3.41. The average molecular weight is 315 g/mol. The Morgan fingerprint density at radius 2 is 1.74 bits per heavy atom. The number of aromatic amines is 1. The van der Waals surface area contributed by atoms with E-state index in [1.54, 1.807) is 12.1 Å². The van der Waals surface area contributed by atoms with Crippen molar-refractivity contribution in [3.8, 4) is 28.3 Å². The summed E-state index contributed by atoms with van der Waals surface area (Å²) in [6.45, 7) is 0. The second-order valence-electron chi connectivity index (χ2n) is 4.19. The molecular weight excluding hydrogens is 304 g/mol. The van der Waals surface area contributed by atoms with E-state index >= 15 is 0 Å². The lowest BCUT2D eigenvalue weighted by atomic mass is 10.1. The predicted octanol–water partition coefficient (Wildman–Crippen LogP) is 4.21. The average Bonchev–Trinajstić information content (AvgIpc) is 2.89. The largest absolute Gasteiger partial charge is 0.507 e. The minimum atomic E-state index is 0.244. The molecule has 3 aromatic rings. The SMILES string of the molecule is Oc1ccccc1-c1cc(-c2ccc(Br)cc2)n[nH]1. The minimum Gasteiger partial charge on any atom is -0.507 e. The maximum atomic E-state index is 9.83. The zero-order valence-corrected chi connectivity index (χ0v) is 11.6. The smallest absolute Gasteiger partial charge is 0.124 e. The summed E-state index contributed by atoms with van der Waals surface area (Å²) in [5, 5.41) is 17.1. The highest BCUT2D eigenvalue weighted by molar-refractivity contribution is 9.10. The maximum absolute atomic E-state index is 9.83. The van der Waals surface area contributed by atoms with Crippen molar-refractivity contribution < 1.29 is 5.11 Å². The number of hydrogen-bond donors (Lipinski definition) is 2. The number of aromatic hydroxyl groups is 1. The molecule has 2 aromatic carbocycles. The molecule has 1 heterocycles. The van der Waals surface area contributed by atoms with Gasteiger partial charge in [-0.15, -0.1) is 0 Å². The predicted molar refractivity (Wildman–Crippen MR) is 78.8 cm³/mol. The van der Waals surface area contributed by atoms with Crippen molar-refractivity contribution in [3.05, 3.63) is 59.1 Å². The molecule has 0 fully saturated rings. The van der Waals surface area contributed by atoms with Crippen LogP contribution in [0.2, 0.25) is 0 Å². The Morgan fingerprint density at radius 3 is 2.47 bits per heavy atom. The molecule has 0 saturated carbocycles. The van der Waals surface area contributed by atoms with Crippen LogP contribution < -0.4 is 0 Å². The number of phenolic OH excluding ortho intramolecular Hbond substituents is 1. The molecule has 0 spiro atoms. The Balaban J connectivity index is 2.00. The molecule has 94 valence electrons. The summed E-state index contributed by atoms with van der Waals surface area (Å²) in [7, 11) is 0. The first-order valence-electron chi connectivity index (χ1n) is 5.84. The van der Waals surface area contributed by atoms with E-state index in [9.17, 15) is 5.11 Å². The monoisotopic (exact) mass is 314 g/mol. The molecule has 3 nitrogen and oxygen atoms in total. The standard InChI is InChI=1S/C15H11BrN2O/c16-11-7-5-10(6-8-11)13-9-14(18-17-13)12-3-1-2-4-15(12)19/h1-9,19H,(H,17,18).